The van der Waals surface area contributed by atoms with E-state index in [0.29, 0.717) is 18.9 Å². The summed E-state index contributed by atoms with van der Waals surface area (Å²) in [5, 5.41) is 2.70. The molecule has 0 aliphatic heterocycles. The van der Waals surface area contributed by atoms with Crippen LogP contribution in [0.5, 0.6) is 0 Å². The van der Waals surface area contributed by atoms with E-state index in [1.807, 2.05) is 0 Å². The summed E-state index contributed by atoms with van der Waals surface area (Å²) in [6.45, 7) is 6.35. The fourth-order valence-corrected chi connectivity index (χ4v) is 3.01. The quantitative estimate of drug-likeness (QED) is 0.678. The van der Waals surface area contributed by atoms with E-state index in [4.69, 9.17) is 5.73 Å². The summed E-state index contributed by atoms with van der Waals surface area (Å²) in [6, 6.07) is -0.357. The normalized spacial score (nSPS) is 15.4. The van der Waals surface area contributed by atoms with E-state index in [1.54, 1.807) is 6.92 Å². The predicted octanol–water partition coefficient (Wildman–Crippen LogP) is 0.547. The lowest BCUT2D eigenvalue weighted by molar-refractivity contribution is -0.122. The van der Waals surface area contributed by atoms with Gasteiger partial charge in [0.25, 0.3) is 0 Å². The highest BCUT2D eigenvalue weighted by Crippen LogP contribution is 2.14. The molecular weight excluding hydrogens is 252 g/mol. The third-order valence-corrected chi connectivity index (χ3v) is 3.68. The van der Waals surface area contributed by atoms with Crippen LogP contribution in [0.15, 0.2) is 0 Å². The van der Waals surface area contributed by atoms with Gasteiger partial charge in [0.2, 0.25) is 5.91 Å². The van der Waals surface area contributed by atoms with Gasteiger partial charge in [-0.15, -0.1) is 0 Å². The average molecular weight is 278 g/mol. The second kappa shape index (κ2) is 7.74. The molecule has 2 atom stereocenters. The molecule has 18 heavy (non-hydrogen) atoms. The van der Waals surface area contributed by atoms with Crippen molar-refractivity contribution < 1.29 is 13.2 Å². The Labute approximate surface area is 110 Å². The van der Waals surface area contributed by atoms with Gasteiger partial charge in [-0.1, -0.05) is 13.8 Å². The van der Waals surface area contributed by atoms with Gasteiger partial charge in [0.1, 0.15) is 9.84 Å². The number of amides is 1. The molecule has 0 rings (SSSR count). The lowest BCUT2D eigenvalue weighted by Crippen LogP contribution is -2.38. The second-order valence-electron chi connectivity index (χ2n) is 5.50. The number of hydrogen-bond acceptors (Lipinski definition) is 4. The van der Waals surface area contributed by atoms with Crippen molar-refractivity contribution in [2.24, 2.45) is 17.6 Å². The van der Waals surface area contributed by atoms with Crippen LogP contribution < -0.4 is 11.1 Å². The monoisotopic (exact) mass is 278 g/mol. The van der Waals surface area contributed by atoms with E-state index in [2.05, 4.69) is 19.2 Å². The van der Waals surface area contributed by atoms with Gasteiger partial charge in [0.05, 0.1) is 5.75 Å². The smallest absolute Gasteiger partial charge is 0.220 e. The summed E-state index contributed by atoms with van der Waals surface area (Å²) < 4.78 is 22.2. The zero-order chi connectivity index (χ0) is 14.3. The first-order chi connectivity index (χ1) is 8.14. The van der Waals surface area contributed by atoms with Gasteiger partial charge in [-0.25, -0.2) is 8.42 Å². The van der Waals surface area contributed by atoms with Gasteiger partial charge >= 0.3 is 0 Å². The molecule has 3 N–H and O–H groups in total. The van der Waals surface area contributed by atoms with Gasteiger partial charge in [-0.2, -0.15) is 0 Å². The molecule has 0 saturated heterocycles. The van der Waals surface area contributed by atoms with Crippen molar-refractivity contribution in [1.82, 2.24) is 5.32 Å². The minimum Gasteiger partial charge on any atom is -0.353 e. The van der Waals surface area contributed by atoms with E-state index >= 15 is 0 Å². The SMILES string of the molecule is CC(C)CC(CN)CC(=O)NC(C)CS(C)(=O)=O. The summed E-state index contributed by atoms with van der Waals surface area (Å²) in [7, 11) is -3.06. The Hall–Kier alpha value is -0.620. The van der Waals surface area contributed by atoms with Gasteiger partial charge < -0.3 is 11.1 Å². The fourth-order valence-electron chi connectivity index (χ4n) is 2.02. The van der Waals surface area contributed by atoms with Crippen LogP contribution in [-0.4, -0.2) is 38.9 Å². The number of hydrogen-bond donors (Lipinski definition) is 2. The summed E-state index contributed by atoms with van der Waals surface area (Å²) >= 11 is 0. The molecule has 0 aliphatic carbocycles. The van der Waals surface area contributed by atoms with Crippen LogP contribution in [0.2, 0.25) is 0 Å². The van der Waals surface area contributed by atoms with E-state index in [1.165, 1.54) is 0 Å². The predicted molar refractivity (Wildman–Crippen MR) is 73.9 cm³/mol. The minimum atomic E-state index is -3.06. The van der Waals surface area contributed by atoms with Crippen molar-refractivity contribution in [1.29, 1.82) is 0 Å². The Balaban J connectivity index is 4.16. The number of carbonyl (C=O) groups is 1. The van der Waals surface area contributed by atoms with E-state index in [0.717, 1.165) is 12.7 Å². The number of rotatable bonds is 8. The van der Waals surface area contributed by atoms with Crippen LogP contribution in [0, 0.1) is 11.8 Å². The second-order valence-corrected chi connectivity index (χ2v) is 7.68. The molecule has 0 aromatic rings. The van der Waals surface area contributed by atoms with Crippen molar-refractivity contribution in [3.8, 4) is 0 Å². The maximum Gasteiger partial charge on any atom is 0.220 e. The van der Waals surface area contributed by atoms with Crippen LogP contribution in [0.4, 0.5) is 0 Å². The average Bonchev–Trinajstić information content (AvgIpc) is 2.12. The third-order valence-electron chi connectivity index (χ3n) is 2.57. The maximum atomic E-state index is 11.7. The Morgan fingerprint density at radius 2 is 1.83 bits per heavy atom. The highest BCUT2D eigenvalue weighted by atomic mass is 32.2. The Morgan fingerprint density at radius 3 is 2.22 bits per heavy atom. The van der Waals surface area contributed by atoms with Gasteiger partial charge in [0, 0.05) is 18.7 Å². The molecule has 0 spiro atoms. The minimum absolute atomic E-state index is 0.0315. The molecule has 1 amide bonds. The van der Waals surface area contributed by atoms with E-state index < -0.39 is 9.84 Å². The van der Waals surface area contributed by atoms with Crippen molar-refractivity contribution in [2.45, 2.75) is 39.7 Å². The Morgan fingerprint density at radius 1 is 1.28 bits per heavy atom. The standard InChI is InChI=1S/C12H26N2O3S/c1-9(2)5-11(7-13)6-12(15)14-10(3)8-18(4,16)17/h9-11H,5-8,13H2,1-4H3,(H,14,15). The molecule has 0 aromatic carbocycles. The van der Waals surface area contributed by atoms with Crippen LogP contribution in [0.25, 0.3) is 0 Å². The molecule has 0 aromatic heterocycles. The van der Waals surface area contributed by atoms with Crippen molar-refractivity contribution in [3.05, 3.63) is 0 Å². The van der Waals surface area contributed by atoms with Crippen molar-refractivity contribution in [3.63, 3.8) is 0 Å². The van der Waals surface area contributed by atoms with Gasteiger partial charge in [-0.05, 0) is 31.7 Å². The summed E-state index contributed by atoms with van der Waals surface area (Å²) in [6.07, 6.45) is 2.43. The van der Waals surface area contributed by atoms with Crippen LogP contribution in [-0.2, 0) is 14.6 Å². The largest absolute Gasteiger partial charge is 0.353 e. The zero-order valence-corrected chi connectivity index (χ0v) is 12.6. The first-order valence-electron chi connectivity index (χ1n) is 6.31. The Bertz CT molecular complexity index is 352. The molecule has 0 bridgehead atoms. The van der Waals surface area contributed by atoms with E-state index in [-0.39, 0.29) is 23.6 Å². The van der Waals surface area contributed by atoms with Gasteiger partial charge in [-0.3, -0.25) is 4.79 Å². The molecule has 6 heteroatoms. The molecule has 108 valence electrons. The van der Waals surface area contributed by atoms with Crippen molar-refractivity contribution in [2.75, 3.05) is 18.6 Å². The van der Waals surface area contributed by atoms with Crippen LogP contribution in [0.1, 0.15) is 33.6 Å². The molecule has 0 heterocycles. The number of nitrogens with two attached hydrogens (primary N) is 1. The number of carbonyl (C=O) groups excluding carboxylic acids is 1. The summed E-state index contributed by atoms with van der Waals surface area (Å²) in [4.78, 5) is 11.7. The maximum absolute atomic E-state index is 11.7. The first kappa shape index (κ1) is 17.4. The first-order valence-corrected chi connectivity index (χ1v) is 8.37. The molecule has 0 aliphatic rings. The zero-order valence-electron chi connectivity index (χ0n) is 11.8. The summed E-state index contributed by atoms with van der Waals surface area (Å²) in [5.74, 6) is 0.508. The lowest BCUT2D eigenvalue weighted by Gasteiger charge is -2.18. The number of sulfone groups is 1. The molecule has 0 radical (unpaired) electrons. The van der Waals surface area contributed by atoms with E-state index in [9.17, 15) is 13.2 Å². The fraction of sp³-hybridized carbons (Fsp3) is 0.917. The molecule has 5 nitrogen and oxygen atoms in total. The Kier molecular flexibility index (Phi) is 7.47. The third kappa shape index (κ3) is 9.41. The summed E-state index contributed by atoms with van der Waals surface area (Å²) in [5.41, 5.74) is 5.63. The molecular formula is C12H26N2O3S. The number of nitrogens with one attached hydrogen (secondary N) is 1. The van der Waals surface area contributed by atoms with Crippen LogP contribution in [0.3, 0.4) is 0 Å². The van der Waals surface area contributed by atoms with Crippen LogP contribution >= 0.6 is 0 Å². The molecule has 0 saturated carbocycles. The van der Waals surface area contributed by atoms with Gasteiger partial charge in [0.15, 0.2) is 0 Å². The highest BCUT2D eigenvalue weighted by molar-refractivity contribution is 7.90. The molecule has 2 unspecified atom stereocenters. The molecule has 0 fully saturated rings. The highest BCUT2D eigenvalue weighted by Gasteiger charge is 2.17. The topological polar surface area (TPSA) is 89.3 Å². The lowest BCUT2D eigenvalue weighted by atomic mass is 9.94. The van der Waals surface area contributed by atoms with Crippen molar-refractivity contribution >= 4 is 15.7 Å².